The highest BCUT2D eigenvalue weighted by molar-refractivity contribution is 7.17. The topological polar surface area (TPSA) is 59.8 Å². The van der Waals surface area contributed by atoms with Gasteiger partial charge in [-0.1, -0.05) is 23.7 Å². The van der Waals surface area contributed by atoms with Crippen LogP contribution in [-0.4, -0.2) is 20.7 Å². The maximum absolute atomic E-state index is 12.4. The van der Waals surface area contributed by atoms with Crippen molar-refractivity contribution < 1.29 is 4.79 Å². The van der Waals surface area contributed by atoms with E-state index in [0.29, 0.717) is 16.4 Å². The van der Waals surface area contributed by atoms with Crippen LogP contribution in [0.3, 0.4) is 0 Å². The second kappa shape index (κ2) is 6.37. The van der Waals surface area contributed by atoms with Crippen LogP contribution in [0.5, 0.6) is 0 Å². The van der Waals surface area contributed by atoms with Gasteiger partial charge in [0.05, 0.1) is 11.4 Å². The lowest BCUT2D eigenvalue weighted by atomic mass is 10.2. The standard InChI is InChI=1S/C17H15ClN4OS/c18-12-5-3-11(4-6-12)13-7-8-14(24-13)17(23)19-10-16-21-20-15-2-1-9-22(15)16/h3-8H,1-2,9-10H2,(H,19,23). The Hall–Kier alpha value is -2.18. The molecule has 0 unspecified atom stereocenters. The van der Waals surface area contributed by atoms with Crippen molar-refractivity contribution in [3.63, 3.8) is 0 Å². The van der Waals surface area contributed by atoms with Crippen LogP contribution in [0.15, 0.2) is 36.4 Å². The first kappa shape index (κ1) is 15.4. The first-order valence-electron chi connectivity index (χ1n) is 7.75. The van der Waals surface area contributed by atoms with Crippen LogP contribution in [0, 0.1) is 0 Å². The van der Waals surface area contributed by atoms with Crippen LogP contribution in [0.25, 0.3) is 10.4 Å². The van der Waals surface area contributed by atoms with Crippen LogP contribution in [-0.2, 0) is 19.5 Å². The fourth-order valence-electron chi connectivity index (χ4n) is 2.82. The van der Waals surface area contributed by atoms with E-state index in [1.54, 1.807) is 0 Å². The number of fused-ring (bicyclic) bond motifs is 1. The van der Waals surface area contributed by atoms with E-state index in [0.717, 1.165) is 41.5 Å². The van der Waals surface area contributed by atoms with Crippen molar-refractivity contribution in [2.24, 2.45) is 0 Å². The van der Waals surface area contributed by atoms with Gasteiger partial charge in [0.2, 0.25) is 0 Å². The molecule has 1 N–H and O–H groups in total. The largest absolute Gasteiger partial charge is 0.344 e. The van der Waals surface area contributed by atoms with E-state index in [-0.39, 0.29) is 5.91 Å². The molecule has 122 valence electrons. The number of nitrogens with zero attached hydrogens (tertiary/aromatic N) is 3. The second-order valence-electron chi connectivity index (χ2n) is 5.64. The maximum atomic E-state index is 12.4. The summed E-state index contributed by atoms with van der Waals surface area (Å²) in [4.78, 5) is 14.1. The summed E-state index contributed by atoms with van der Waals surface area (Å²) in [6.07, 6.45) is 2.07. The number of nitrogens with one attached hydrogen (secondary N) is 1. The molecule has 1 amide bonds. The lowest BCUT2D eigenvalue weighted by molar-refractivity contribution is 0.0953. The van der Waals surface area contributed by atoms with Gasteiger partial charge in [-0.15, -0.1) is 21.5 Å². The predicted molar refractivity (Wildman–Crippen MR) is 94.3 cm³/mol. The number of aromatic nitrogens is 3. The number of carbonyl (C=O) groups excluding carboxylic acids is 1. The van der Waals surface area contributed by atoms with Gasteiger partial charge >= 0.3 is 0 Å². The number of rotatable bonds is 4. The van der Waals surface area contributed by atoms with Crippen molar-refractivity contribution in [2.75, 3.05) is 0 Å². The first-order valence-corrected chi connectivity index (χ1v) is 8.95. The molecule has 1 aliphatic rings. The van der Waals surface area contributed by atoms with Gasteiger partial charge in [0.15, 0.2) is 5.82 Å². The predicted octanol–water partition coefficient (Wildman–Crippen LogP) is 3.54. The molecule has 4 rings (SSSR count). The van der Waals surface area contributed by atoms with Crippen LogP contribution in [0.1, 0.15) is 27.7 Å². The summed E-state index contributed by atoms with van der Waals surface area (Å²) in [6.45, 7) is 1.34. The number of amides is 1. The summed E-state index contributed by atoms with van der Waals surface area (Å²) >= 11 is 7.38. The molecule has 24 heavy (non-hydrogen) atoms. The molecule has 2 aromatic heterocycles. The molecule has 0 atom stereocenters. The number of aryl methyl sites for hydroxylation is 1. The summed E-state index contributed by atoms with van der Waals surface area (Å²) in [7, 11) is 0. The molecule has 0 aliphatic carbocycles. The third kappa shape index (κ3) is 2.95. The van der Waals surface area contributed by atoms with E-state index in [2.05, 4.69) is 20.1 Å². The lowest BCUT2D eigenvalue weighted by Crippen LogP contribution is -2.23. The molecule has 1 aromatic carbocycles. The summed E-state index contributed by atoms with van der Waals surface area (Å²) in [5, 5.41) is 11.9. The van der Waals surface area contributed by atoms with Crippen LogP contribution >= 0.6 is 22.9 Å². The minimum atomic E-state index is -0.0874. The summed E-state index contributed by atoms with van der Waals surface area (Å²) in [5.74, 6) is 1.75. The van der Waals surface area contributed by atoms with E-state index < -0.39 is 0 Å². The Kier molecular flexibility index (Phi) is 4.08. The van der Waals surface area contributed by atoms with Crippen molar-refractivity contribution in [2.45, 2.75) is 25.9 Å². The normalized spacial score (nSPS) is 13.0. The Morgan fingerprint density at radius 2 is 2.04 bits per heavy atom. The highest BCUT2D eigenvalue weighted by Gasteiger charge is 2.18. The highest BCUT2D eigenvalue weighted by atomic mass is 35.5. The van der Waals surface area contributed by atoms with E-state index >= 15 is 0 Å². The van der Waals surface area contributed by atoms with Crippen molar-refractivity contribution >= 4 is 28.8 Å². The number of thiophene rings is 1. The van der Waals surface area contributed by atoms with Crippen molar-refractivity contribution in [3.05, 3.63) is 57.9 Å². The maximum Gasteiger partial charge on any atom is 0.261 e. The Bertz CT molecular complexity index is 884. The van der Waals surface area contributed by atoms with Crippen molar-refractivity contribution in [1.29, 1.82) is 0 Å². The number of hydrogen-bond acceptors (Lipinski definition) is 4. The molecule has 3 heterocycles. The zero-order valence-electron chi connectivity index (χ0n) is 12.8. The number of hydrogen-bond donors (Lipinski definition) is 1. The minimum absolute atomic E-state index is 0.0874. The molecule has 7 heteroatoms. The molecule has 3 aromatic rings. The van der Waals surface area contributed by atoms with Gasteiger partial charge in [-0.3, -0.25) is 4.79 Å². The van der Waals surface area contributed by atoms with Gasteiger partial charge in [0.1, 0.15) is 5.82 Å². The van der Waals surface area contributed by atoms with Gasteiger partial charge < -0.3 is 9.88 Å². The molecule has 5 nitrogen and oxygen atoms in total. The third-order valence-electron chi connectivity index (χ3n) is 4.05. The number of benzene rings is 1. The van der Waals surface area contributed by atoms with E-state index in [1.807, 2.05) is 36.4 Å². The monoisotopic (exact) mass is 358 g/mol. The summed E-state index contributed by atoms with van der Waals surface area (Å²) in [6, 6.07) is 11.4. The average Bonchev–Trinajstić information content (AvgIpc) is 3.30. The molecule has 1 aliphatic heterocycles. The molecule has 0 spiro atoms. The smallest absolute Gasteiger partial charge is 0.261 e. The summed E-state index contributed by atoms with van der Waals surface area (Å²) < 4.78 is 2.09. The van der Waals surface area contributed by atoms with Gasteiger partial charge in [-0.2, -0.15) is 0 Å². The van der Waals surface area contributed by atoms with Gasteiger partial charge in [-0.25, -0.2) is 0 Å². The lowest BCUT2D eigenvalue weighted by Gasteiger charge is -2.04. The van der Waals surface area contributed by atoms with Crippen molar-refractivity contribution in [1.82, 2.24) is 20.1 Å². The molecular weight excluding hydrogens is 344 g/mol. The number of halogens is 1. The molecule has 0 fully saturated rings. The van der Waals surface area contributed by atoms with Crippen LogP contribution in [0.2, 0.25) is 5.02 Å². The van der Waals surface area contributed by atoms with E-state index in [9.17, 15) is 4.79 Å². The van der Waals surface area contributed by atoms with Gasteiger partial charge in [0, 0.05) is 22.9 Å². The van der Waals surface area contributed by atoms with Crippen LogP contribution in [0.4, 0.5) is 0 Å². The fraction of sp³-hybridized carbons (Fsp3) is 0.235. The SMILES string of the molecule is O=C(NCc1nnc2n1CCC2)c1ccc(-c2ccc(Cl)cc2)s1. The van der Waals surface area contributed by atoms with Crippen molar-refractivity contribution in [3.8, 4) is 10.4 Å². The molecule has 0 radical (unpaired) electrons. The molecule has 0 saturated carbocycles. The quantitative estimate of drug-likeness (QED) is 0.776. The van der Waals surface area contributed by atoms with Gasteiger partial charge in [-0.05, 0) is 36.2 Å². The average molecular weight is 359 g/mol. The Morgan fingerprint density at radius 3 is 2.88 bits per heavy atom. The highest BCUT2D eigenvalue weighted by Crippen LogP contribution is 2.29. The van der Waals surface area contributed by atoms with E-state index in [1.165, 1.54) is 11.3 Å². The third-order valence-corrected chi connectivity index (χ3v) is 5.44. The Morgan fingerprint density at radius 1 is 1.21 bits per heavy atom. The van der Waals surface area contributed by atoms with Crippen LogP contribution < -0.4 is 5.32 Å². The zero-order chi connectivity index (χ0) is 16.5. The minimum Gasteiger partial charge on any atom is -0.344 e. The Labute approximate surface area is 148 Å². The van der Waals surface area contributed by atoms with Gasteiger partial charge in [0.25, 0.3) is 5.91 Å². The molecule has 0 bridgehead atoms. The fourth-order valence-corrected chi connectivity index (χ4v) is 3.87. The first-order chi connectivity index (χ1) is 11.7. The Balaban J connectivity index is 1.44. The zero-order valence-corrected chi connectivity index (χ0v) is 14.4. The molecule has 0 saturated heterocycles. The number of carbonyl (C=O) groups is 1. The second-order valence-corrected chi connectivity index (χ2v) is 7.16. The van der Waals surface area contributed by atoms with E-state index in [4.69, 9.17) is 11.6 Å². The summed E-state index contributed by atoms with van der Waals surface area (Å²) in [5.41, 5.74) is 1.05. The molecular formula is C17H15ClN4OS.